The third-order valence-corrected chi connectivity index (χ3v) is 8.61. The Balaban J connectivity index is 1.48. The van der Waals surface area contributed by atoms with Crippen molar-refractivity contribution in [2.24, 2.45) is 5.41 Å². The van der Waals surface area contributed by atoms with E-state index in [-0.39, 0.29) is 23.1 Å². The second-order valence-electron chi connectivity index (χ2n) is 10.8. The molecule has 0 N–H and O–H groups in total. The molecule has 0 radical (unpaired) electrons. The van der Waals surface area contributed by atoms with Gasteiger partial charge in [0, 0.05) is 35.2 Å². The summed E-state index contributed by atoms with van der Waals surface area (Å²) < 4.78 is 19.3. The molecule has 0 bridgehead atoms. The number of ether oxygens (including phenoxy) is 1. The molecule has 3 atom stereocenters. The summed E-state index contributed by atoms with van der Waals surface area (Å²) in [6.07, 6.45) is 3.74. The molecule has 1 aliphatic carbocycles. The van der Waals surface area contributed by atoms with Crippen molar-refractivity contribution < 1.29 is 28.3 Å². The van der Waals surface area contributed by atoms with E-state index in [4.69, 9.17) is 4.74 Å². The Morgan fingerprint density at radius 3 is 2.07 bits per heavy atom. The number of carbonyl (C=O) groups excluding carboxylic acids is 4. The maximum absolute atomic E-state index is 14.7. The monoisotopic (exact) mass is 557 g/mol. The van der Waals surface area contributed by atoms with Crippen molar-refractivity contribution >= 4 is 35.1 Å². The summed E-state index contributed by atoms with van der Waals surface area (Å²) in [5.74, 6) is -2.62. The zero-order valence-electron chi connectivity index (χ0n) is 22.5. The number of esters is 1. The van der Waals surface area contributed by atoms with Crippen LogP contribution in [0.2, 0.25) is 0 Å². The third kappa shape index (κ3) is 3.56. The minimum Gasteiger partial charge on any atom is -0.427 e. The van der Waals surface area contributed by atoms with Gasteiger partial charge in [-0.3, -0.25) is 19.2 Å². The van der Waals surface area contributed by atoms with Crippen LogP contribution in [0.5, 0.6) is 5.75 Å². The Hall–Kier alpha value is -5.17. The number of carbonyl (C=O) groups is 4. The van der Waals surface area contributed by atoms with Gasteiger partial charge in [0.2, 0.25) is 0 Å². The Bertz CT molecular complexity index is 1790. The van der Waals surface area contributed by atoms with Crippen LogP contribution in [-0.4, -0.2) is 35.4 Å². The maximum atomic E-state index is 14.7. The van der Waals surface area contributed by atoms with Gasteiger partial charge in [-0.25, -0.2) is 4.39 Å². The van der Waals surface area contributed by atoms with Crippen LogP contribution < -0.4 is 9.64 Å². The Morgan fingerprint density at radius 2 is 1.43 bits per heavy atom. The highest BCUT2D eigenvalue weighted by atomic mass is 19.1. The van der Waals surface area contributed by atoms with Crippen LogP contribution in [0.25, 0.3) is 6.08 Å². The lowest BCUT2D eigenvalue weighted by Gasteiger charge is -2.37. The van der Waals surface area contributed by atoms with Crippen LogP contribution >= 0.6 is 0 Å². The molecule has 2 aliphatic heterocycles. The number of anilines is 1. The number of hydrogen-bond acceptors (Lipinski definition) is 6. The number of hydrogen-bond donors (Lipinski definition) is 0. The lowest BCUT2D eigenvalue weighted by atomic mass is 9.64. The van der Waals surface area contributed by atoms with Gasteiger partial charge in [0.25, 0.3) is 0 Å². The lowest BCUT2D eigenvalue weighted by molar-refractivity contribution is -0.131. The molecule has 0 saturated carbocycles. The molecule has 7 heteroatoms. The van der Waals surface area contributed by atoms with E-state index in [1.54, 1.807) is 48.5 Å². The molecule has 6 nitrogen and oxygen atoms in total. The molecule has 1 fully saturated rings. The van der Waals surface area contributed by atoms with Gasteiger partial charge in [0.05, 0.1) is 6.04 Å². The van der Waals surface area contributed by atoms with Crippen molar-refractivity contribution in [3.05, 3.63) is 137 Å². The third-order valence-electron chi connectivity index (χ3n) is 8.61. The lowest BCUT2D eigenvalue weighted by Crippen LogP contribution is -2.48. The van der Waals surface area contributed by atoms with Crippen LogP contribution in [-0.2, 0) is 4.79 Å². The number of nitrogens with zero attached hydrogens (tertiary/aromatic N) is 1. The smallest absolute Gasteiger partial charge is 0.308 e. The fraction of sp³-hybridized carbons (Fsp3) is 0.143. The molecule has 42 heavy (non-hydrogen) atoms. The molecule has 7 rings (SSSR count). The summed E-state index contributed by atoms with van der Waals surface area (Å²) in [5.41, 5.74) is 1.38. The predicted molar refractivity (Wildman–Crippen MR) is 154 cm³/mol. The van der Waals surface area contributed by atoms with Crippen LogP contribution in [0.1, 0.15) is 55.0 Å². The van der Waals surface area contributed by atoms with E-state index < -0.39 is 35.2 Å². The number of ketones is 3. The van der Waals surface area contributed by atoms with E-state index in [9.17, 15) is 23.6 Å². The first-order valence-electron chi connectivity index (χ1n) is 13.6. The topological polar surface area (TPSA) is 80.8 Å². The van der Waals surface area contributed by atoms with Crippen molar-refractivity contribution in [1.82, 2.24) is 0 Å². The second kappa shape index (κ2) is 9.45. The summed E-state index contributed by atoms with van der Waals surface area (Å²) in [6.45, 7) is 1.29. The summed E-state index contributed by atoms with van der Waals surface area (Å²) >= 11 is 0. The molecule has 1 saturated heterocycles. The second-order valence-corrected chi connectivity index (χ2v) is 10.8. The highest BCUT2D eigenvalue weighted by Crippen LogP contribution is 2.60. The van der Waals surface area contributed by atoms with Crippen molar-refractivity contribution in [3.8, 4) is 5.75 Å². The van der Waals surface area contributed by atoms with Gasteiger partial charge in [-0.05, 0) is 53.6 Å². The van der Waals surface area contributed by atoms with Crippen molar-refractivity contribution in [3.63, 3.8) is 0 Å². The van der Waals surface area contributed by atoms with Gasteiger partial charge in [-0.15, -0.1) is 0 Å². The number of Topliss-reactive ketones (excluding diaryl/α,β-unsaturated/α-hetero) is 3. The van der Waals surface area contributed by atoms with Gasteiger partial charge in [0.15, 0.2) is 17.3 Å². The minimum absolute atomic E-state index is 0.290. The summed E-state index contributed by atoms with van der Waals surface area (Å²) in [6, 6.07) is 24.4. The van der Waals surface area contributed by atoms with E-state index in [0.29, 0.717) is 22.3 Å². The van der Waals surface area contributed by atoms with Gasteiger partial charge in [-0.2, -0.15) is 0 Å². The average molecular weight is 558 g/mol. The molecule has 1 spiro atoms. The molecule has 4 aromatic rings. The largest absolute Gasteiger partial charge is 0.427 e. The Kier molecular flexibility index (Phi) is 5.80. The molecular formula is C35H24FNO5. The van der Waals surface area contributed by atoms with E-state index in [1.807, 2.05) is 41.3 Å². The zero-order chi connectivity index (χ0) is 29.2. The van der Waals surface area contributed by atoms with Crippen LogP contribution in [0.4, 0.5) is 10.1 Å². The van der Waals surface area contributed by atoms with Crippen LogP contribution in [0.3, 0.4) is 0 Å². The van der Waals surface area contributed by atoms with Gasteiger partial charge in [0.1, 0.15) is 23.0 Å². The fourth-order valence-corrected chi connectivity index (χ4v) is 6.98. The Morgan fingerprint density at radius 1 is 0.810 bits per heavy atom. The van der Waals surface area contributed by atoms with E-state index >= 15 is 0 Å². The summed E-state index contributed by atoms with van der Waals surface area (Å²) in [4.78, 5) is 57.2. The molecule has 4 aromatic carbocycles. The zero-order valence-corrected chi connectivity index (χ0v) is 22.5. The number of halogens is 1. The maximum Gasteiger partial charge on any atom is 0.308 e. The van der Waals surface area contributed by atoms with E-state index in [0.717, 1.165) is 11.3 Å². The van der Waals surface area contributed by atoms with Crippen molar-refractivity contribution in [1.29, 1.82) is 0 Å². The number of fused-ring (bicyclic) bond motifs is 5. The van der Waals surface area contributed by atoms with E-state index in [1.165, 1.54) is 31.2 Å². The summed E-state index contributed by atoms with van der Waals surface area (Å²) in [5, 5.41) is 0. The molecule has 2 heterocycles. The SMILES string of the molecule is CC(=O)Oc1ccc(C(=O)[C@@H]2[C@H](c3ccc(F)cc3)C3(C(=O)c4ccccc4C3=O)[C@H]3C=Cc4ccccc4N23)cc1. The molecule has 0 aromatic heterocycles. The first-order chi connectivity index (χ1) is 20.3. The summed E-state index contributed by atoms with van der Waals surface area (Å²) in [7, 11) is 0. The first kappa shape index (κ1) is 25.8. The van der Waals surface area contributed by atoms with Gasteiger partial charge >= 0.3 is 5.97 Å². The minimum atomic E-state index is -1.66. The van der Waals surface area contributed by atoms with E-state index in [2.05, 4.69) is 0 Å². The first-order valence-corrected chi connectivity index (χ1v) is 13.6. The highest BCUT2D eigenvalue weighted by Gasteiger charge is 2.71. The number of benzene rings is 4. The van der Waals surface area contributed by atoms with Crippen LogP contribution in [0.15, 0.2) is 103 Å². The standard InChI is InChI=1S/C35H24FNO5/c1-20(38)42-25-17-12-23(13-18-25)32(39)31-30(22-10-15-24(36)16-11-22)35(33(40)26-7-3-4-8-27(26)34(35)41)29-19-14-21-6-2-5-9-28(21)37(29)31/h2-19,29-31H,1H3/t29-,30+,31+/m1/s1. The molecule has 3 aliphatic rings. The van der Waals surface area contributed by atoms with Crippen molar-refractivity contribution in [2.75, 3.05) is 4.90 Å². The average Bonchev–Trinajstić information content (AvgIpc) is 3.43. The quantitative estimate of drug-likeness (QED) is 0.131. The number of para-hydroxylation sites is 1. The van der Waals surface area contributed by atoms with Gasteiger partial charge in [-0.1, -0.05) is 66.7 Å². The number of rotatable bonds is 4. The molecular weight excluding hydrogens is 533 g/mol. The normalized spacial score (nSPS) is 21.2. The van der Waals surface area contributed by atoms with Crippen molar-refractivity contribution in [2.45, 2.75) is 24.9 Å². The Labute approximate surface area is 241 Å². The van der Waals surface area contributed by atoms with Crippen LogP contribution in [0, 0.1) is 11.2 Å². The molecule has 0 amide bonds. The molecule has 0 unspecified atom stereocenters. The molecule has 206 valence electrons. The fourth-order valence-electron chi connectivity index (χ4n) is 6.98. The predicted octanol–water partition coefficient (Wildman–Crippen LogP) is 6.07. The van der Waals surface area contributed by atoms with Gasteiger partial charge < -0.3 is 9.64 Å². The highest BCUT2D eigenvalue weighted by molar-refractivity contribution is 6.32.